The van der Waals surface area contributed by atoms with Crippen LogP contribution < -0.4 is 4.57 Å². The van der Waals surface area contributed by atoms with E-state index >= 15 is 0 Å². The van der Waals surface area contributed by atoms with Gasteiger partial charge >= 0.3 is 0 Å². The molecule has 0 unspecified atom stereocenters. The van der Waals surface area contributed by atoms with Gasteiger partial charge in [-0.05, 0) is 53.5 Å². The van der Waals surface area contributed by atoms with Gasteiger partial charge in [0.1, 0.15) is 7.05 Å². The van der Waals surface area contributed by atoms with E-state index in [0.29, 0.717) is 0 Å². The Labute approximate surface area is 187 Å². The van der Waals surface area contributed by atoms with Gasteiger partial charge in [0.15, 0.2) is 6.20 Å². The molecule has 0 aliphatic carbocycles. The minimum Gasteiger partial charge on any atom is -0.307 e. The van der Waals surface area contributed by atoms with E-state index in [1.54, 1.807) is 0 Å². The molecule has 0 aliphatic heterocycles. The predicted molar refractivity (Wildman–Crippen MR) is 132 cm³/mol. The van der Waals surface area contributed by atoms with E-state index in [2.05, 4.69) is 105 Å². The number of aryl methyl sites for hydroxylation is 2. The maximum Gasteiger partial charge on any atom is 0.224 e. The standard InChI is InChI=1S/C29H26N3/c1-17-12-20(16-30)25-21-8-6-7-9-22(21)32-23-14-18(15-29(2,3)4)13-19-10-11-31(5)27(26(19)23)24(17)28(25)32/h6-14H,15H2,1-5H3/q+1. The van der Waals surface area contributed by atoms with Crippen molar-refractivity contribution in [2.24, 2.45) is 12.5 Å². The van der Waals surface area contributed by atoms with Crippen molar-refractivity contribution in [3.63, 3.8) is 0 Å². The summed E-state index contributed by atoms with van der Waals surface area (Å²) >= 11 is 0. The van der Waals surface area contributed by atoms with Crippen molar-refractivity contribution in [1.82, 2.24) is 4.40 Å². The maximum atomic E-state index is 10.0. The van der Waals surface area contributed by atoms with E-state index in [1.165, 1.54) is 32.8 Å². The number of benzene rings is 3. The number of nitriles is 1. The Hall–Kier alpha value is -3.64. The number of aromatic nitrogens is 2. The number of rotatable bonds is 1. The van der Waals surface area contributed by atoms with E-state index in [4.69, 9.17) is 0 Å². The molecular weight excluding hydrogens is 390 g/mol. The first-order chi connectivity index (χ1) is 15.3. The summed E-state index contributed by atoms with van der Waals surface area (Å²) in [4.78, 5) is 0. The molecule has 0 radical (unpaired) electrons. The molecule has 0 amide bonds. The number of para-hydroxylation sites is 1. The summed E-state index contributed by atoms with van der Waals surface area (Å²) in [5.74, 6) is 0. The lowest BCUT2D eigenvalue weighted by atomic mass is 9.87. The van der Waals surface area contributed by atoms with E-state index in [1.807, 2.05) is 0 Å². The number of hydrogen-bond donors (Lipinski definition) is 0. The third-order valence-electron chi connectivity index (χ3n) is 6.74. The predicted octanol–water partition coefficient (Wildman–Crippen LogP) is 6.58. The van der Waals surface area contributed by atoms with Crippen molar-refractivity contribution in [2.75, 3.05) is 0 Å². The van der Waals surface area contributed by atoms with Crippen LogP contribution in [-0.4, -0.2) is 4.40 Å². The first-order valence-corrected chi connectivity index (χ1v) is 11.2. The number of hydrogen-bond acceptors (Lipinski definition) is 1. The lowest BCUT2D eigenvalue weighted by molar-refractivity contribution is -0.643. The zero-order chi connectivity index (χ0) is 22.4. The van der Waals surface area contributed by atoms with Crippen LogP contribution in [0.1, 0.15) is 37.5 Å². The molecule has 3 aromatic heterocycles. The Kier molecular flexibility index (Phi) is 3.70. The van der Waals surface area contributed by atoms with Gasteiger partial charge < -0.3 is 4.40 Å². The van der Waals surface area contributed by atoms with Gasteiger partial charge in [0.05, 0.1) is 39.0 Å². The molecule has 0 fully saturated rings. The molecule has 0 N–H and O–H groups in total. The number of nitrogens with zero attached hydrogens (tertiary/aromatic N) is 3. The van der Waals surface area contributed by atoms with Crippen LogP contribution in [0.15, 0.2) is 54.7 Å². The van der Waals surface area contributed by atoms with E-state index in [0.717, 1.165) is 39.4 Å². The van der Waals surface area contributed by atoms with E-state index < -0.39 is 0 Å². The molecule has 0 bridgehead atoms. The monoisotopic (exact) mass is 416 g/mol. The molecule has 156 valence electrons. The van der Waals surface area contributed by atoms with Crippen LogP contribution >= 0.6 is 0 Å². The van der Waals surface area contributed by atoms with Crippen molar-refractivity contribution in [2.45, 2.75) is 34.1 Å². The summed E-state index contributed by atoms with van der Waals surface area (Å²) in [5, 5.41) is 16.0. The van der Waals surface area contributed by atoms with Crippen LogP contribution in [0.5, 0.6) is 0 Å². The minimum absolute atomic E-state index is 0.202. The molecule has 6 aromatic rings. The van der Waals surface area contributed by atoms with Gasteiger partial charge in [-0.1, -0.05) is 45.0 Å². The topological polar surface area (TPSA) is 32.1 Å². The van der Waals surface area contributed by atoms with E-state index in [-0.39, 0.29) is 5.41 Å². The van der Waals surface area contributed by atoms with Crippen LogP contribution in [0.25, 0.3) is 49.0 Å². The molecule has 0 atom stereocenters. The molecule has 3 heterocycles. The highest BCUT2D eigenvalue weighted by Gasteiger charge is 2.26. The lowest BCUT2D eigenvalue weighted by Crippen LogP contribution is -2.29. The SMILES string of the molecule is Cc1cc(C#N)c2c3ccccc3n3c4cc(CC(C)(C)C)cc5cc[n+](C)c(c1c23)c54. The van der Waals surface area contributed by atoms with Crippen LogP contribution in [0.4, 0.5) is 0 Å². The summed E-state index contributed by atoms with van der Waals surface area (Å²) in [6.45, 7) is 9.01. The third-order valence-corrected chi connectivity index (χ3v) is 6.74. The fourth-order valence-electron chi connectivity index (χ4n) is 5.67. The molecule has 32 heavy (non-hydrogen) atoms. The average molecular weight is 417 g/mol. The third kappa shape index (κ3) is 2.44. The average Bonchev–Trinajstić information content (AvgIpc) is 3.08. The lowest BCUT2D eigenvalue weighted by Gasteiger charge is -2.20. The molecule has 3 nitrogen and oxygen atoms in total. The van der Waals surface area contributed by atoms with Gasteiger partial charge in [-0.3, -0.25) is 0 Å². The van der Waals surface area contributed by atoms with Crippen LogP contribution in [0.2, 0.25) is 0 Å². The van der Waals surface area contributed by atoms with Crippen molar-refractivity contribution >= 4 is 49.0 Å². The van der Waals surface area contributed by atoms with Crippen molar-refractivity contribution < 1.29 is 4.57 Å². The largest absolute Gasteiger partial charge is 0.307 e. The molecule has 0 saturated carbocycles. The fraction of sp³-hybridized carbons (Fsp3) is 0.241. The maximum absolute atomic E-state index is 10.0. The quantitative estimate of drug-likeness (QED) is 0.169. The van der Waals surface area contributed by atoms with Crippen molar-refractivity contribution in [3.05, 3.63) is 71.4 Å². The molecule has 3 heteroatoms. The normalized spacial score (nSPS) is 12.6. The van der Waals surface area contributed by atoms with Crippen LogP contribution in [0, 0.1) is 23.7 Å². The zero-order valence-electron chi connectivity index (χ0n) is 19.2. The van der Waals surface area contributed by atoms with E-state index in [9.17, 15) is 5.26 Å². The fourth-order valence-corrected chi connectivity index (χ4v) is 5.67. The second-order valence-electron chi connectivity index (χ2n) is 10.4. The molecule has 0 spiro atoms. The van der Waals surface area contributed by atoms with Gasteiger partial charge in [0.2, 0.25) is 5.52 Å². The molecule has 0 aliphatic rings. The molecule has 3 aromatic carbocycles. The Morgan fingerprint density at radius 1 is 0.969 bits per heavy atom. The highest BCUT2D eigenvalue weighted by molar-refractivity contribution is 6.26. The molecule has 0 saturated heterocycles. The smallest absolute Gasteiger partial charge is 0.224 e. The number of pyridine rings is 2. The Morgan fingerprint density at radius 2 is 1.75 bits per heavy atom. The first-order valence-electron chi connectivity index (χ1n) is 11.2. The van der Waals surface area contributed by atoms with Crippen molar-refractivity contribution in [3.8, 4) is 6.07 Å². The zero-order valence-corrected chi connectivity index (χ0v) is 19.2. The van der Waals surface area contributed by atoms with Gasteiger partial charge in [-0.15, -0.1) is 0 Å². The number of fused-ring (bicyclic) bond motifs is 5. The summed E-state index contributed by atoms with van der Waals surface area (Å²) in [5.41, 5.74) is 8.23. The molecule has 6 rings (SSSR count). The summed E-state index contributed by atoms with van der Waals surface area (Å²) < 4.78 is 4.65. The van der Waals surface area contributed by atoms with Crippen LogP contribution in [0.3, 0.4) is 0 Å². The highest BCUT2D eigenvalue weighted by Crippen LogP contribution is 2.42. The highest BCUT2D eigenvalue weighted by atomic mass is 15.0. The minimum atomic E-state index is 0.202. The second kappa shape index (κ2) is 6.20. The summed E-state index contributed by atoms with van der Waals surface area (Å²) in [7, 11) is 2.13. The van der Waals surface area contributed by atoms with Crippen LogP contribution in [-0.2, 0) is 13.5 Å². The Bertz CT molecular complexity index is 1750. The van der Waals surface area contributed by atoms with Gasteiger partial charge in [0, 0.05) is 16.8 Å². The first kappa shape index (κ1) is 19.1. The van der Waals surface area contributed by atoms with Crippen molar-refractivity contribution in [1.29, 1.82) is 5.26 Å². The summed E-state index contributed by atoms with van der Waals surface area (Å²) in [6.07, 6.45) is 3.18. The Morgan fingerprint density at radius 3 is 2.50 bits per heavy atom. The Balaban J connectivity index is 2.00. The van der Waals surface area contributed by atoms with Gasteiger partial charge in [-0.2, -0.15) is 5.26 Å². The van der Waals surface area contributed by atoms with Gasteiger partial charge in [0.25, 0.3) is 0 Å². The van der Waals surface area contributed by atoms with Gasteiger partial charge in [-0.25, -0.2) is 4.57 Å². The molecular formula is C29H26N3+. The summed E-state index contributed by atoms with van der Waals surface area (Å²) in [6, 6.07) is 20.0. The second-order valence-corrected chi connectivity index (χ2v) is 10.4.